The van der Waals surface area contributed by atoms with Crippen LogP contribution in [-0.2, 0) is 5.41 Å². The highest BCUT2D eigenvalue weighted by Gasteiger charge is 2.46. The zero-order valence-corrected chi connectivity index (χ0v) is 44.5. The molecule has 0 bridgehead atoms. The van der Waals surface area contributed by atoms with Gasteiger partial charge in [0.1, 0.15) is 0 Å². The van der Waals surface area contributed by atoms with E-state index in [2.05, 4.69) is 347 Å². The smallest absolute Gasteiger partial charge is 0.0713 e. The van der Waals surface area contributed by atoms with Gasteiger partial charge >= 0.3 is 0 Å². The number of benzene rings is 12. The molecule has 0 unspecified atom stereocenters. The molecule has 2 heterocycles. The first-order chi connectivity index (χ1) is 40.2. The molecule has 0 aliphatic heterocycles. The van der Waals surface area contributed by atoms with Crippen molar-refractivity contribution in [1.82, 2.24) is 9.13 Å². The second-order valence-corrected chi connectivity index (χ2v) is 20.9. The third kappa shape index (κ3) is 8.07. The molecule has 0 saturated heterocycles. The van der Waals surface area contributed by atoms with Gasteiger partial charge in [0.15, 0.2) is 0 Å². The Morgan fingerprint density at radius 2 is 0.580 bits per heavy atom. The van der Waals surface area contributed by atoms with Gasteiger partial charge in [-0.15, -0.1) is 0 Å². The van der Waals surface area contributed by atoms with E-state index >= 15 is 0 Å². The second kappa shape index (κ2) is 20.0. The summed E-state index contributed by atoms with van der Waals surface area (Å²) in [5, 5.41) is 4.83. The van der Waals surface area contributed by atoms with Gasteiger partial charge in [-0.1, -0.05) is 206 Å². The fraction of sp³-hybridized carbons (Fsp3) is 0.0130. The normalized spacial score (nSPS) is 12.7. The lowest BCUT2D eigenvalue weighted by Crippen LogP contribution is -2.28. The average Bonchev–Trinajstić information content (AvgIpc) is 4.35. The summed E-state index contributed by atoms with van der Waals surface area (Å²) in [6.07, 6.45) is 8.77. The van der Waals surface area contributed by atoms with Crippen LogP contribution in [0.5, 0.6) is 0 Å². The van der Waals surface area contributed by atoms with Crippen molar-refractivity contribution in [2.24, 2.45) is 0 Å². The van der Waals surface area contributed by atoms with Crippen molar-refractivity contribution < 1.29 is 0 Å². The summed E-state index contributed by atoms with van der Waals surface area (Å²) >= 11 is 0. The molecule has 2 aromatic heterocycles. The Hall–Kier alpha value is -10.7. The molecule has 0 saturated carbocycles. The van der Waals surface area contributed by atoms with Gasteiger partial charge in [0.25, 0.3) is 0 Å². The van der Waals surface area contributed by atoms with E-state index in [9.17, 15) is 0 Å². The molecule has 382 valence electrons. The molecule has 4 nitrogen and oxygen atoms in total. The van der Waals surface area contributed by atoms with Crippen LogP contribution in [0.25, 0.3) is 79.3 Å². The second-order valence-electron chi connectivity index (χ2n) is 20.9. The summed E-state index contributed by atoms with van der Waals surface area (Å²) in [5.74, 6) is 0. The van der Waals surface area contributed by atoms with Crippen LogP contribution in [0.15, 0.2) is 303 Å². The Labute approximate surface area is 471 Å². The Bertz CT molecular complexity index is 4370. The molecular weight excluding hydrogens is 981 g/mol. The van der Waals surface area contributed by atoms with Crippen LogP contribution in [0.4, 0.5) is 34.1 Å². The summed E-state index contributed by atoms with van der Waals surface area (Å²) in [4.78, 5) is 4.78. The molecule has 4 heteroatoms. The minimum atomic E-state index is -0.610. The highest BCUT2D eigenvalue weighted by Crippen LogP contribution is 2.57. The molecule has 0 radical (unpaired) electrons. The van der Waals surface area contributed by atoms with Crippen LogP contribution in [0, 0.1) is 0 Å². The summed E-state index contributed by atoms with van der Waals surface area (Å²) in [6.45, 7) is 0. The fourth-order valence-electron chi connectivity index (χ4n) is 12.8. The quantitative estimate of drug-likeness (QED) is 0.121. The topological polar surface area (TPSA) is 16.3 Å². The SMILES string of the molecule is C(=C\n1c2ccccc2c2cc(N(c3ccccc3)c3ccc(C4(c5ccc(N(c6ccccc6)c6ccc7c(c6)c6ccccc6n7/C=C/c6ccccc6)cc5)c5ccccc5-c5ccccc54)cc3)ccc21)/c1ccccc1. The number of anilines is 6. The van der Waals surface area contributed by atoms with E-state index in [1.165, 1.54) is 66.0 Å². The maximum Gasteiger partial charge on any atom is 0.0713 e. The molecule has 0 atom stereocenters. The van der Waals surface area contributed by atoms with E-state index in [0.29, 0.717) is 0 Å². The number of hydrogen-bond donors (Lipinski definition) is 0. The number of fused-ring (bicyclic) bond motifs is 9. The molecule has 0 fully saturated rings. The van der Waals surface area contributed by atoms with Crippen LogP contribution >= 0.6 is 0 Å². The van der Waals surface area contributed by atoms with Gasteiger partial charge in [-0.3, -0.25) is 0 Å². The minimum Gasteiger partial charge on any atom is -0.316 e. The van der Waals surface area contributed by atoms with Gasteiger partial charge in [-0.05, 0) is 154 Å². The summed E-state index contributed by atoms with van der Waals surface area (Å²) < 4.78 is 4.63. The van der Waals surface area contributed by atoms with E-state index in [1.807, 2.05) is 0 Å². The van der Waals surface area contributed by atoms with Gasteiger partial charge in [0.2, 0.25) is 0 Å². The highest BCUT2D eigenvalue weighted by atomic mass is 15.1. The standard InChI is InChI=1S/C77H54N4/c1-5-21-55(22-6-1)49-51-78-73-35-19-15-31-67(73)69-53-63(45-47-75(69)78)80(59-25-9-3-10-26-59)61-41-37-57(38-42-61)77(71-33-17-13-29-65(71)66-30-14-18-34-72(66)77)58-39-43-62(44-40-58)81(60-27-11-4-12-28-60)64-46-48-76-70(54-64)68-32-16-20-36-74(68)79(76)52-50-56-23-7-2-8-24-56/h1-54H/b51-49+,52-50+. The van der Waals surface area contributed by atoms with Crippen molar-refractivity contribution in [3.05, 3.63) is 337 Å². The van der Waals surface area contributed by atoms with E-state index in [4.69, 9.17) is 0 Å². The van der Waals surface area contributed by atoms with Crippen molar-refractivity contribution in [2.75, 3.05) is 9.80 Å². The van der Waals surface area contributed by atoms with Gasteiger partial charge in [0.05, 0.1) is 27.5 Å². The Balaban J connectivity index is 0.850. The first-order valence-electron chi connectivity index (χ1n) is 27.8. The maximum atomic E-state index is 2.39. The van der Waals surface area contributed by atoms with Crippen molar-refractivity contribution in [2.45, 2.75) is 5.41 Å². The van der Waals surface area contributed by atoms with Crippen LogP contribution < -0.4 is 9.80 Å². The van der Waals surface area contributed by atoms with Crippen LogP contribution in [0.2, 0.25) is 0 Å². The predicted octanol–water partition coefficient (Wildman–Crippen LogP) is 20.5. The lowest BCUT2D eigenvalue weighted by Gasteiger charge is -2.35. The van der Waals surface area contributed by atoms with Crippen molar-refractivity contribution >= 4 is 102 Å². The van der Waals surface area contributed by atoms with Crippen LogP contribution in [0.3, 0.4) is 0 Å². The monoisotopic (exact) mass is 1030 g/mol. The number of nitrogens with zero attached hydrogens (tertiary/aromatic N) is 4. The Kier molecular flexibility index (Phi) is 11.7. The summed E-state index contributed by atoms with van der Waals surface area (Å²) in [6, 6.07) is 111. The molecule has 12 aromatic carbocycles. The first kappa shape index (κ1) is 47.5. The van der Waals surface area contributed by atoms with Gasteiger partial charge in [0, 0.05) is 68.1 Å². The third-order valence-electron chi connectivity index (χ3n) is 16.4. The van der Waals surface area contributed by atoms with Crippen LogP contribution in [0.1, 0.15) is 33.4 Å². The summed E-state index contributed by atoms with van der Waals surface area (Å²) in [5.41, 5.74) is 20.4. The Morgan fingerprint density at radius 1 is 0.259 bits per heavy atom. The van der Waals surface area contributed by atoms with Gasteiger partial charge in [-0.2, -0.15) is 0 Å². The van der Waals surface area contributed by atoms with Crippen LogP contribution in [-0.4, -0.2) is 9.13 Å². The average molecular weight is 1040 g/mol. The summed E-state index contributed by atoms with van der Waals surface area (Å²) in [7, 11) is 0. The van der Waals surface area contributed by atoms with E-state index < -0.39 is 5.41 Å². The molecule has 0 amide bonds. The Morgan fingerprint density at radius 3 is 1.00 bits per heavy atom. The molecular formula is C77H54N4. The maximum absolute atomic E-state index is 2.39. The van der Waals surface area contributed by atoms with Gasteiger partial charge in [-0.25, -0.2) is 0 Å². The molecule has 0 spiro atoms. The molecule has 0 N–H and O–H groups in total. The molecule has 1 aliphatic rings. The first-order valence-corrected chi connectivity index (χ1v) is 27.8. The lowest BCUT2D eigenvalue weighted by atomic mass is 9.67. The van der Waals surface area contributed by atoms with Crippen molar-refractivity contribution in [1.29, 1.82) is 0 Å². The molecule has 14 aromatic rings. The van der Waals surface area contributed by atoms with Gasteiger partial charge < -0.3 is 18.9 Å². The van der Waals surface area contributed by atoms with E-state index in [1.54, 1.807) is 0 Å². The van der Waals surface area contributed by atoms with E-state index in [0.717, 1.165) is 56.3 Å². The molecule has 15 rings (SSSR count). The predicted molar refractivity (Wildman–Crippen MR) is 342 cm³/mol. The van der Waals surface area contributed by atoms with Crippen molar-refractivity contribution in [3.8, 4) is 11.1 Å². The van der Waals surface area contributed by atoms with Crippen molar-refractivity contribution in [3.63, 3.8) is 0 Å². The number of para-hydroxylation sites is 4. The minimum absolute atomic E-state index is 0.610. The van der Waals surface area contributed by atoms with E-state index in [-0.39, 0.29) is 0 Å². The zero-order valence-electron chi connectivity index (χ0n) is 44.5. The number of hydrogen-bond acceptors (Lipinski definition) is 2. The largest absolute Gasteiger partial charge is 0.316 e. The fourth-order valence-corrected chi connectivity index (χ4v) is 12.8. The number of aromatic nitrogens is 2. The molecule has 1 aliphatic carbocycles. The lowest BCUT2D eigenvalue weighted by molar-refractivity contribution is 0.768. The number of rotatable bonds is 12. The zero-order chi connectivity index (χ0) is 53.7. The molecule has 81 heavy (non-hydrogen) atoms. The third-order valence-corrected chi connectivity index (χ3v) is 16.4. The highest BCUT2D eigenvalue weighted by molar-refractivity contribution is 6.12.